The van der Waals surface area contributed by atoms with E-state index in [0.717, 1.165) is 11.1 Å². The predicted molar refractivity (Wildman–Crippen MR) is 83.1 cm³/mol. The molecule has 0 fully saturated rings. The number of benzene rings is 2. The van der Waals surface area contributed by atoms with Crippen molar-refractivity contribution < 1.29 is 18.3 Å². The maximum atomic E-state index is 13.2. The lowest BCUT2D eigenvalue weighted by Crippen LogP contribution is -2.17. The highest BCUT2D eigenvalue weighted by Gasteiger charge is 2.17. The number of para-hydroxylation sites is 2. The Labute approximate surface area is 132 Å². The molecule has 1 aromatic heterocycles. The summed E-state index contributed by atoms with van der Waals surface area (Å²) in [6.07, 6.45) is 0.421. The predicted octanol–water partition coefficient (Wildman–Crippen LogP) is 3.89. The van der Waals surface area contributed by atoms with Crippen molar-refractivity contribution in [1.29, 1.82) is 0 Å². The molecule has 0 saturated carbocycles. The van der Waals surface area contributed by atoms with Crippen LogP contribution in [0.2, 0.25) is 0 Å². The van der Waals surface area contributed by atoms with E-state index in [4.69, 9.17) is 9.15 Å². The molecule has 4 nitrogen and oxygen atoms in total. The van der Waals surface area contributed by atoms with Gasteiger partial charge in [0.05, 0.1) is 5.92 Å². The highest BCUT2D eigenvalue weighted by atomic mass is 19.1. The monoisotopic (exact) mass is 313 g/mol. The van der Waals surface area contributed by atoms with Gasteiger partial charge in [-0.25, -0.2) is 9.37 Å². The molecule has 3 aromatic rings. The minimum absolute atomic E-state index is 0.0129. The molecule has 0 aliphatic carbocycles. The summed E-state index contributed by atoms with van der Waals surface area (Å²) in [5.74, 6) is -0.690. The molecule has 3 rings (SSSR count). The van der Waals surface area contributed by atoms with E-state index in [0.29, 0.717) is 17.9 Å². The average Bonchev–Trinajstić information content (AvgIpc) is 2.95. The van der Waals surface area contributed by atoms with Gasteiger partial charge in [0.15, 0.2) is 12.2 Å². The van der Waals surface area contributed by atoms with Crippen LogP contribution in [0.4, 0.5) is 4.39 Å². The Bertz CT molecular complexity index is 795. The summed E-state index contributed by atoms with van der Waals surface area (Å²) in [7, 11) is 0. The number of fused-ring (bicyclic) bond motifs is 1. The van der Waals surface area contributed by atoms with Crippen LogP contribution in [0.25, 0.3) is 11.1 Å². The smallest absolute Gasteiger partial charge is 0.309 e. The number of ether oxygens (including phenoxy) is 1. The quantitative estimate of drug-likeness (QED) is 0.671. The van der Waals surface area contributed by atoms with Gasteiger partial charge in [-0.05, 0) is 36.2 Å². The van der Waals surface area contributed by atoms with E-state index in [1.807, 2.05) is 18.2 Å². The number of aromatic nitrogens is 1. The van der Waals surface area contributed by atoms with Crippen LogP contribution in [0, 0.1) is 11.7 Å². The second kappa shape index (κ2) is 6.60. The molecule has 118 valence electrons. The van der Waals surface area contributed by atoms with Gasteiger partial charge in [0, 0.05) is 0 Å². The van der Waals surface area contributed by atoms with Crippen molar-refractivity contribution in [2.75, 3.05) is 0 Å². The molecule has 0 N–H and O–H groups in total. The summed E-state index contributed by atoms with van der Waals surface area (Å²) >= 11 is 0. The largest absolute Gasteiger partial charge is 0.455 e. The summed E-state index contributed by atoms with van der Waals surface area (Å²) in [5.41, 5.74) is 2.15. The van der Waals surface area contributed by atoms with E-state index < -0.39 is 0 Å². The minimum atomic E-state index is -0.374. The van der Waals surface area contributed by atoms with Gasteiger partial charge < -0.3 is 9.15 Å². The zero-order valence-corrected chi connectivity index (χ0v) is 12.7. The van der Waals surface area contributed by atoms with Gasteiger partial charge in [0.2, 0.25) is 5.89 Å². The molecule has 23 heavy (non-hydrogen) atoms. The number of hydrogen-bond donors (Lipinski definition) is 0. The SMILES string of the molecule is CC(Cc1cccc(F)c1)C(=O)OCc1nc2ccccc2o1. The summed E-state index contributed by atoms with van der Waals surface area (Å²) in [6, 6.07) is 13.6. The van der Waals surface area contributed by atoms with Crippen LogP contribution in [0.3, 0.4) is 0 Å². The summed E-state index contributed by atoms with van der Waals surface area (Å²) < 4.78 is 23.9. The minimum Gasteiger partial charge on any atom is -0.455 e. The Hall–Kier alpha value is -2.69. The molecule has 0 saturated heterocycles. The first-order valence-electron chi connectivity index (χ1n) is 7.37. The van der Waals surface area contributed by atoms with E-state index >= 15 is 0 Å². The molecule has 1 unspecified atom stereocenters. The first-order valence-corrected chi connectivity index (χ1v) is 7.37. The maximum absolute atomic E-state index is 13.2. The Kier molecular flexibility index (Phi) is 4.37. The van der Waals surface area contributed by atoms with Gasteiger partial charge in [-0.3, -0.25) is 4.79 Å². The summed E-state index contributed by atoms with van der Waals surface area (Å²) in [5, 5.41) is 0. The Morgan fingerprint density at radius 2 is 2.09 bits per heavy atom. The van der Waals surface area contributed by atoms with Crippen LogP contribution in [-0.4, -0.2) is 11.0 Å². The lowest BCUT2D eigenvalue weighted by molar-refractivity contribution is -0.149. The lowest BCUT2D eigenvalue weighted by Gasteiger charge is -2.10. The molecule has 0 amide bonds. The van der Waals surface area contributed by atoms with Crippen molar-refractivity contribution in [2.45, 2.75) is 20.0 Å². The molecule has 0 spiro atoms. The second-order valence-corrected chi connectivity index (χ2v) is 5.42. The number of hydrogen-bond acceptors (Lipinski definition) is 4. The number of oxazole rings is 1. The van der Waals surface area contributed by atoms with Crippen LogP contribution in [0.1, 0.15) is 18.4 Å². The highest BCUT2D eigenvalue weighted by Crippen LogP contribution is 2.16. The first-order chi connectivity index (χ1) is 11.1. The molecule has 0 aliphatic heterocycles. The number of nitrogens with zero attached hydrogens (tertiary/aromatic N) is 1. The topological polar surface area (TPSA) is 52.3 Å². The van der Waals surface area contributed by atoms with Gasteiger partial charge in [0.25, 0.3) is 0 Å². The van der Waals surface area contributed by atoms with Crippen molar-refractivity contribution >= 4 is 17.1 Å². The van der Waals surface area contributed by atoms with E-state index in [1.165, 1.54) is 12.1 Å². The van der Waals surface area contributed by atoms with Gasteiger partial charge in [0.1, 0.15) is 11.3 Å². The zero-order valence-electron chi connectivity index (χ0n) is 12.7. The van der Waals surface area contributed by atoms with Crippen LogP contribution in [-0.2, 0) is 22.6 Å². The molecule has 1 atom stereocenters. The number of carbonyl (C=O) groups excluding carboxylic acids is 1. The Morgan fingerprint density at radius 3 is 2.87 bits per heavy atom. The first kappa shape index (κ1) is 15.2. The third kappa shape index (κ3) is 3.74. The molecule has 0 bridgehead atoms. The number of rotatable bonds is 5. The average molecular weight is 313 g/mol. The van der Waals surface area contributed by atoms with Gasteiger partial charge in [-0.2, -0.15) is 0 Å². The van der Waals surface area contributed by atoms with Crippen molar-refractivity contribution in [3.05, 3.63) is 65.8 Å². The molecule has 1 heterocycles. The van der Waals surface area contributed by atoms with Crippen LogP contribution in [0.5, 0.6) is 0 Å². The van der Waals surface area contributed by atoms with E-state index in [2.05, 4.69) is 4.98 Å². The van der Waals surface area contributed by atoms with Gasteiger partial charge in [-0.1, -0.05) is 31.2 Å². The normalized spacial score (nSPS) is 12.3. The van der Waals surface area contributed by atoms with Crippen LogP contribution in [0.15, 0.2) is 52.9 Å². The molecule has 0 radical (unpaired) electrons. The number of esters is 1. The van der Waals surface area contributed by atoms with E-state index in [9.17, 15) is 9.18 Å². The fourth-order valence-corrected chi connectivity index (χ4v) is 2.36. The lowest BCUT2D eigenvalue weighted by atomic mass is 10.0. The molecule has 2 aromatic carbocycles. The van der Waals surface area contributed by atoms with E-state index in [-0.39, 0.29) is 24.3 Å². The highest BCUT2D eigenvalue weighted by molar-refractivity contribution is 5.73. The zero-order chi connectivity index (χ0) is 16.2. The maximum Gasteiger partial charge on any atom is 0.309 e. The molecule has 0 aliphatic rings. The summed E-state index contributed by atoms with van der Waals surface area (Å²) in [6.45, 7) is 1.74. The molecule has 5 heteroatoms. The van der Waals surface area contributed by atoms with Gasteiger partial charge in [-0.15, -0.1) is 0 Å². The van der Waals surface area contributed by atoms with Crippen LogP contribution < -0.4 is 0 Å². The van der Waals surface area contributed by atoms with Crippen molar-refractivity contribution in [3.63, 3.8) is 0 Å². The van der Waals surface area contributed by atoms with Crippen molar-refractivity contribution in [3.8, 4) is 0 Å². The van der Waals surface area contributed by atoms with Crippen LogP contribution >= 0.6 is 0 Å². The fourth-order valence-electron chi connectivity index (χ4n) is 2.36. The van der Waals surface area contributed by atoms with Crippen molar-refractivity contribution in [1.82, 2.24) is 4.98 Å². The second-order valence-electron chi connectivity index (χ2n) is 5.42. The number of carbonyl (C=O) groups is 1. The summed E-state index contributed by atoms with van der Waals surface area (Å²) in [4.78, 5) is 16.3. The Morgan fingerprint density at radius 1 is 1.26 bits per heavy atom. The Balaban J connectivity index is 1.58. The third-order valence-corrected chi connectivity index (χ3v) is 3.51. The van der Waals surface area contributed by atoms with Gasteiger partial charge >= 0.3 is 5.97 Å². The van der Waals surface area contributed by atoms with Crippen molar-refractivity contribution in [2.24, 2.45) is 5.92 Å². The fraction of sp³-hybridized carbons (Fsp3) is 0.222. The molecular weight excluding hydrogens is 297 g/mol. The standard InChI is InChI=1S/C18H16FNO3/c1-12(9-13-5-4-6-14(19)10-13)18(21)22-11-17-20-15-7-2-3-8-16(15)23-17/h2-8,10,12H,9,11H2,1H3. The third-order valence-electron chi connectivity index (χ3n) is 3.51. The number of halogens is 1. The van der Waals surface area contributed by atoms with E-state index in [1.54, 1.807) is 25.1 Å². The molecular formula is C18H16FNO3.